The van der Waals surface area contributed by atoms with E-state index in [9.17, 15) is 4.79 Å². The molecule has 2 aromatic heterocycles. The lowest BCUT2D eigenvalue weighted by Crippen LogP contribution is -2.15. The molecule has 0 saturated heterocycles. The Morgan fingerprint density at radius 3 is 2.67 bits per heavy atom. The number of fused-ring (bicyclic) bond motifs is 2. The Morgan fingerprint density at radius 2 is 1.92 bits per heavy atom. The van der Waals surface area contributed by atoms with Gasteiger partial charge in [0, 0.05) is 10.7 Å². The molecule has 4 rings (SSSR count). The molecular weight excluding hydrogens is 344 g/mol. The van der Waals surface area contributed by atoms with Gasteiger partial charge in [0.25, 0.3) is 5.56 Å². The molecule has 2 heterocycles. The Labute approximate surface area is 146 Å². The molecule has 0 radical (unpaired) electrons. The lowest BCUT2D eigenvalue weighted by atomic mass is 10.1. The summed E-state index contributed by atoms with van der Waals surface area (Å²) in [6.45, 7) is 4.06. The van der Waals surface area contributed by atoms with Crippen molar-refractivity contribution < 1.29 is 0 Å². The van der Waals surface area contributed by atoms with Crippen LogP contribution in [0.4, 0.5) is 10.8 Å². The molecule has 5 nitrogen and oxygen atoms in total. The van der Waals surface area contributed by atoms with E-state index in [1.54, 1.807) is 18.2 Å². The van der Waals surface area contributed by atoms with E-state index in [2.05, 4.69) is 15.4 Å². The van der Waals surface area contributed by atoms with Crippen LogP contribution in [0.5, 0.6) is 0 Å². The third-order valence-electron chi connectivity index (χ3n) is 3.87. The Morgan fingerprint density at radius 1 is 1.17 bits per heavy atom. The van der Waals surface area contributed by atoms with E-state index in [1.807, 2.05) is 32.0 Å². The molecule has 0 spiro atoms. The molecule has 0 atom stereocenters. The summed E-state index contributed by atoms with van der Waals surface area (Å²) in [6, 6.07) is 11.2. The van der Waals surface area contributed by atoms with E-state index < -0.39 is 0 Å². The Bertz CT molecular complexity index is 1130. The third-order valence-corrected chi connectivity index (χ3v) is 4.93. The van der Waals surface area contributed by atoms with Gasteiger partial charge in [0.05, 0.1) is 10.9 Å². The number of halogens is 1. The van der Waals surface area contributed by atoms with Crippen LogP contribution < -0.4 is 10.9 Å². The topological polar surface area (TPSA) is 59.3 Å². The van der Waals surface area contributed by atoms with Crippen molar-refractivity contribution in [1.29, 1.82) is 0 Å². The highest BCUT2D eigenvalue weighted by atomic mass is 35.5. The predicted octanol–water partition coefficient (Wildman–Crippen LogP) is 4.32. The van der Waals surface area contributed by atoms with Crippen molar-refractivity contribution in [2.75, 3.05) is 5.32 Å². The molecule has 120 valence electrons. The number of hydrogen-bond donors (Lipinski definition) is 1. The van der Waals surface area contributed by atoms with Gasteiger partial charge in [-0.3, -0.25) is 4.79 Å². The average Bonchev–Trinajstić information content (AvgIpc) is 2.95. The zero-order valence-corrected chi connectivity index (χ0v) is 14.6. The van der Waals surface area contributed by atoms with Crippen LogP contribution in [-0.4, -0.2) is 14.6 Å². The second-order valence-electron chi connectivity index (χ2n) is 5.57. The van der Waals surface area contributed by atoms with Crippen molar-refractivity contribution in [2.45, 2.75) is 13.8 Å². The molecule has 0 aliphatic rings. The summed E-state index contributed by atoms with van der Waals surface area (Å²) < 4.78 is 1.32. The molecule has 4 aromatic rings. The molecule has 0 amide bonds. The van der Waals surface area contributed by atoms with Gasteiger partial charge in [-0.1, -0.05) is 41.1 Å². The van der Waals surface area contributed by atoms with E-state index in [4.69, 9.17) is 11.6 Å². The Balaban J connectivity index is 1.88. The molecule has 0 unspecified atom stereocenters. The van der Waals surface area contributed by atoms with E-state index in [-0.39, 0.29) is 5.56 Å². The van der Waals surface area contributed by atoms with Crippen molar-refractivity contribution in [3.05, 3.63) is 62.9 Å². The standard InChI is InChI=1S/C17H13ClN4OS/c1-9-4-3-5-10(2)14(9)20-16-21-22-15(23)12-8-11(18)6-7-13(12)19-17(22)24-16/h3-8H,1-2H3,(H,20,21). The number of nitrogens with zero attached hydrogens (tertiary/aromatic N) is 3. The van der Waals surface area contributed by atoms with Gasteiger partial charge in [-0.15, -0.1) is 5.10 Å². The van der Waals surface area contributed by atoms with Crippen molar-refractivity contribution >= 4 is 49.6 Å². The number of rotatable bonds is 2. The first-order chi connectivity index (χ1) is 11.5. The van der Waals surface area contributed by atoms with Crippen molar-refractivity contribution in [2.24, 2.45) is 0 Å². The van der Waals surface area contributed by atoms with Crippen LogP contribution in [-0.2, 0) is 0 Å². The molecule has 0 bridgehead atoms. The average molecular weight is 357 g/mol. The van der Waals surface area contributed by atoms with Crippen molar-refractivity contribution in [3.8, 4) is 0 Å². The van der Waals surface area contributed by atoms with E-state index >= 15 is 0 Å². The molecular formula is C17H13ClN4OS. The molecule has 24 heavy (non-hydrogen) atoms. The quantitative estimate of drug-likeness (QED) is 0.581. The molecule has 2 aromatic carbocycles. The summed E-state index contributed by atoms with van der Waals surface area (Å²) in [4.78, 5) is 17.7. The summed E-state index contributed by atoms with van der Waals surface area (Å²) in [6.07, 6.45) is 0. The highest BCUT2D eigenvalue weighted by Crippen LogP contribution is 2.27. The number of aromatic nitrogens is 3. The molecule has 0 aliphatic carbocycles. The van der Waals surface area contributed by atoms with Crippen LogP contribution in [0.15, 0.2) is 41.2 Å². The molecule has 0 aliphatic heterocycles. The summed E-state index contributed by atoms with van der Waals surface area (Å²) in [5.74, 6) is 0. The fourth-order valence-corrected chi connectivity index (χ4v) is 3.62. The zero-order chi connectivity index (χ0) is 16.8. The van der Waals surface area contributed by atoms with Gasteiger partial charge in [0.1, 0.15) is 0 Å². The van der Waals surface area contributed by atoms with Gasteiger partial charge in [-0.2, -0.15) is 4.52 Å². The fraction of sp³-hybridized carbons (Fsp3) is 0.118. The largest absolute Gasteiger partial charge is 0.330 e. The second-order valence-corrected chi connectivity index (χ2v) is 6.96. The summed E-state index contributed by atoms with van der Waals surface area (Å²) in [7, 11) is 0. The minimum absolute atomic E-state index is 0.219. The van der Waals surface area contributed by atoms with Gasteiger partial charge < -0.3 is 5.32 Å². The maximum atomic E-state index is 12.6. The normalized spacial score (nSPS) is 11.3. The Kier molecular flexibility index (Phi) is 3.51. The second kappa shape index (κ2) is 5.58. The van der Waals surface area contributed by atoms with Gasteiger partial charge >= 0.3 is 0 Å². The number of para-hydroxylation sites is 1. The smallest absolute Gasteiger partial charge is 0.283 e. The highest BCUT2D eigenvalue weighted by molar-refractivity contribution is 7.20. The SMILES string of the molecule is Cc1cccc(C)c1Nc1nn2c(=O)c3cc(Cl)ccc3nc2s1. The van der Waals surface area contributed by atoms with Gasteiger partial charge in [0.2, 0.25) is 10.1 Å². The minimum Gasteiger partial charge on any atom is -0.330 e. The van der Waals surface area contributed by atoms with Crippen LogP contribution >= 0.6 is 22.9 Å². The van der Waals surface area contributed by atoms with Gasteiger partial charge in [-0.05, 0) is 43.2 Å². The van der Waals surface area contributed by atoms with Crippen LogP contribution in [0.1, 0.15) is 11.1 Å². The first kappa shape index (κ1) is 15.1. The lowest BCUT2D eigenvalue weighted by molar-refractivity contribution is 0.919. The maximum absolute atomic E-state index is 12.6. The third kappa shape index (κ3) is 2.44. The summed E-state index contributed by atoms with van der Waals surface area (Å²) in [5.41, 5.74) is 3.63. The molecule has 0 saturated carbocycles. The fourth-order valence-electron chi connectivity index (χ4n) is 2.65. The Hall–Kier alpha value is -2.44. The molecule has 0 fully saturated rings. The molecule has 1 N–H and O–H groups in total. The first-order valence-corrected chi connectivity index (χ1v) is 8.55. The summed E-state index contributed by atoms with van der Waals surface area (Å²) in [5, 5.41) is 9.27. The minimum atomic E-state index is -0.219. The monoisotopic (exact) mass is 356 g/mol. The number of hydrogen-bond acceptors (Lipinski definition) is 5. The van der Waals surface area contributed by atoms with Crippen molar-refractivity contribution in [1.82, 2.24) is 14.6 Å². The number of anilines is 2. The highest BCUT2D eigenvalue weighted by Gasteiger charge is 2.12. The van der Waals surface area contributed by atoms with Gasteiger partial charge in [-0.25, -0.2) is 4.98 Å². The summed E-state index contributed by atoms with van der Waals surface area (Å²) >= 11 is 7.32. The van der Waals surface area contributed by atoms with E-state index in [1.165, 1.54) is 15.9 Å². The van der Waals surface area contributed by atoms with Crippen LogP contribution in [0.3, 0.4) is 0 Å². The van der Waals surface area contributed by atoms with E-state index in [0.29, 0.717) is 26.0 Å². The van der Waals surface area contributed by atoms with E-state index in [0.717, 1.165) is 16.8 Å². The van der Waals surface area contributed by atoms with Gasteiger partial charge in [0.15, 0.2) is 0 Å². The van der Waals surface area contributed by atoms with Crippen LogP contribution in [0, 0.1) is 13.8 Å². The number of nitrogens with one attached hydrogen (secondary N) is 1. The maximum Gasteiger partial charge on any atom is 0.283 e. The number of benzene rings is 2. The van der Waals surface area contributed by atoms with Crippen LogP contribution in [0.25, 0.3) is 15.9 Å². The number of aryl methyl sites for hydroxylation is 2. The van der Waals surface area contributed by atoms with Crippen LogP contribution in [0.2, 0.25) is 5.02 Å². The first-order valence-electron chi connectivity index (χ1n) is 7.35. The predicted molar refractivity (Wildman–Crippen MR) is 98.8 cm³/mol. The van der Waals surface area contributed by atoms with Crippen molar-refractivity contribution in [3.63, 3.8) is 0 Å². The lowest BCUT2D eigenvalue weighted by Gasteiger charge is -2.09. The zero-order valence-electron chi connectivity index (χ0n) is 13.0. The molecule has 7 heteroatoms.